The van der Waals surface area contributed by atoms with Crippen molar-refractivity contribution in [3.63, 3.8) is 0 Å². The highest BCUT2D eigenvalue weighted by atomic mass is 16.6. The average Bonchev–Trinajstić information content (AvgIpc) is 2.65. The highest BCUT2D eigenvalue weighted by Crippen LogP contribution is 2.16. The standard InChI is InChI=1S/C19H31N5O3/c1-5-7-10-23(4)17(25)16-13-14(3)20-18(22-16)21-15-8-11-24(12-9-15)19(26)27-6-2/h13,15H,5-12H2,1-4H3,(H,20,21,22). The van der Waals surface area contributed by atoms with E-state index >= 15 is 0 Å². The van der Waals surface area contributed by atoms with Crippen LogP contribution in [0.2, 0.25) is 0 Å². The Kier molecular flexibility index (Phi) is 7.82. The molecule has 27 heavy (non-hydrogen) atoms. The van der Waals surface area contributed by atoms with Gasteiger partial charge in [-0.2, -0.15) is 0 Å². The van der Waals surface area contributed by atoms with Gasteiger partial charge in [-0.05, 0) is 39.2 Å². The van der Waals surface area contributed by atoms with E-state index in [1.807, 2.05) is 6.92 Å². The van der Waals surface area contributed by atoms with Gasteiger partial charge >= 0.3 is 6.09 Å². The number of rotatable bonds is 7. The SMILES string of the molecule is CCCCN(C)C(=O)c1cc(C)nc(NC2CCN(C(=O)OCC)CC2)n1. The Balaban J connectivity index is 1.96. The minimum absolute atomic E-state index is 0.0888. The van der Waals surface area contributed by atoms with Crippen LogP contribution in [0.3, 0.4) is 0 Å². The summed E-state index contributed by atoms with van der Waals surface area (Å²) in [6.07, 6.45) is 3.32. The van der Waals surface area contributed by atoms with Crippen LogP contribution in [0, 0.1) is 6.92 Å². The average molecular weight is 377 g/mol. The predicted molar refractivity (Wildman–Crippen MR) is 104 cm³/mol. The highest BCUT2D eigenvalue weighted by Gasteiger charge is 2.24. The van der Waals surface area contributed by atoms with Gasteiger partial charge in [0.1, 0.15) is 5.69 Å². The van der Waals surface area contributed by atoms with Gasteiger partial charge in [0.05, 0.1) is 6.61 Å². The highest BCUT2D eigenvalue weighted by molar-refractivity contribution is 5.92. The van der Waals surface area contributed by atoms with Crippen molar-refractivity contribution >= 4 is 17.9 Å². The first-order valence-electron chi connectivity index (χ1n) is 9.74. The smallest absolute Gasteiger partial charge is 0.409 e. The van der Waals surface area contributed by atoms with Crippen LogP contribution in [0.5, 0.6) is 0 Å². The Hall–Kier alpha value is -2.38. The Bertz CT molecular complexity index is 644. The van der Waals surface area contributed by atoms with Gasteiger partial charge in [-0.25, -0.2) is 14.8 Å². The maximum absolute atomic E-state index is 12.6. The van der Waals surface area contributed by atoms with Crippen LogP contribution in [-0.2, 0) is 4.74 Å². The lowest BCUT2D eigenvalue weighted by atomic mass is 10.1. The molecule has 1 N–H and O–H groups in total. The molecular formula is C19H31N5O3. The third-order valence-electron chi connectivity index (χ3n) is 4.62. The zero-order valence-corrected chi connectivity index (χ0v) is 16.8. The van der Waals surface area contributed by atoms with Gasteiger partial charge in [-0.15, -0.1) is 0 Å². The monoisotopic (exact) mass is 377 g/mol. The summed E-state index contributed by atoms with van der Waals surface area (Å²) in [5.74, 6) is 0.381. The van der Waals surface area contributed by atoms with Gasteiger partial charge in [-0.3, -0.25) is 4.79 Å². The first-order valence-corrected chi connectivity index (χ1v) is 9.74. The molecule has 8 heteroatoms. The van der Waals surface area contributed by atoms with Crippen molar-refractivity contribution in [2.75, 3.05) is 38.6 Å². The number of anilines is 1. The van der Waals surface area contributed by atoms with Crippen molar-refractivity contribution in [1.82, 2.24) is 19.8 Å². The second kappa shape index (κ2) is 10.1. The van der Waals surface area contributed by atoms with Crippen LogP contribution >= 0.6 is 0 Å². The molecule has 1 aliphatic heterocycles. The van der Waals surface area contributed by atoms with Gasteiger partial charge < -0.3 is 19.9 Å². The summed E-state index contributed by atoms with van der Waals surface area (Å²) in [6.45, 7) is 8.13. The quantitative estimate of drug-likeness (QED) is 0.786. The Labute approximate surface area is 161 Å². The number of nitrogens with zero attached hydrogens (tertiary/aromatic N) is 4. The molecule has 150 valence electrons. The van der Waals surface area contributed by atoms with E-state index in [-0.39, 0.29) is 18.0 Å². The fraction of sp³-hybridized carbons (Fsp3) is 0.684. The third kappa shape index (κ3) is 6.08. The second-order valence-electron chi connectivity index (χ2n) is 6.90. The van der Waals surface area contributed by atoms with Crippen molar-refractivity contribution in [3.05, 3.63) is 17.5 Å². The molecule has 1 saturated heterocycles. The molecule has 2 rings (SSSR count). The van der Waals surface area contributed by atoms with Crippen LogP contribution in [0.15, 0.2) is 6.07 Å². The molecule has 1 aromatic heterocycles. The lowest BCUT2D eigenvalue weighted by Gasteiger charge is -2.31. The summed E-state index contributed by atoms with van der Waals surface area (Å²) >= 11 is 0. The number of aromatic nitrogens is 2. The largest absolute Gasteiger partial charge is 0.450 e. The number of carbonyl (C=O) groups is 2. The van der Waals surface area contributed by atoms with E-state index < -0.39 is 0 Å². The van der Waals surface area contributed by atoms with Crippen LogP contribution in [0.25, 0.3) is 0 Å². The molecule has 0 spiro atoms. The number of nitrogens with one attached hydrogen (secondary N) is 1. The van der Waals surface area contributed by atoms with Gasteiger partial charge in [0.25, 0.3) is 5.91 Å². The number of likely N-dealkylation sites (tertiary alicyclic amines) is 1. The summed E-state index contributed by atoms with van der Waals surface area (Å²) in [4.78, 5) is 36.6. The number of hydrogen-bond acceptors (Lipinski definition) is 6. The topological polar surface area (TPSA) is 87.7 Å². The summed E-state index contributed by atoms with van der Waals surface area (Å²) in [5.41, 5.74) is 1.16. The van der Waals surface area contributed by atoms with Crippen molar-refractivity contribution in [2.45, 2.75) is 52.5 Å². The van der Waals surface area contributed by atoms with E-state index in [1.54, 1.807) is 29.8 Å². The molecule has 0 unspecified atom stereocenters. The summed E-state index contributed by atoms with van der Waals surface area (Å²) in [7, 11) is 1.80. The van der Waals surface area contributed by atoms with E-state index in [0.717, 1.165) is 31.4 Å². The Morgan fingerprint density at radius 1 is 1.30 bits per heavy atom. The summed E-state index contributed by atoms with van der Waals surface area (Å²) < 4.78 is 5.04. The molecule has 2 heterocycles. The van der Waals surface area contributed by atoms with Crippen LogP contribution in [-0.4, -0.2) is 71.1 Å². The molecule has 0 saturated carbocycles. The lowest BCUT2D eigenvalue weighted by Crippen LogP contribution is -2.42. The molecule has 0 aromatic carbocycles. The Morgan fingerprint density at radius 2 is 2.00 bits per heavy atom. The number of carbonyl (C=O) groups excluding carboxylic acids is 2. The first kappa shape index (κ1) is 20.9. The van der Waals surface area contributed by atoms with Crippen molar-refractivity contribution < 1.29 is 14.3 Å². The van der Waals surface area contributed by atoms with Gasteiger partial charge in [0, 0.05) is 38.4 Å². The fourth-order valence-electron chi connectivity index (χ4n) is 3.04. The normalized spacial score (nSPS) is 14.7. The van der Waals surface area contributed by atoms with E-state index in [1.165, 1.54) is 0 Å². The third-order valence-corrected chi connectivity index (χ3v) is 4.62. The minimum atomic E-state index is -0.259. The van der Waals surface area contributed by atoms with Gasteiger partial charge in [-0.1, -0.05) is 13.3 Å². The zero-order chi connectivity index (χ0) is 19.8. The number of hydrogen-bond donors (Lipinski definition) is 1. The minimum Gasteiger partial charge on any atom is -0.450 e. The maximum atomic E-state index is 12.6. The molecular weight excluding hydrogens is 346 g/mol. The van der Waals surface area contributed by atoms with E-state index in [2.05, 4.69) is 22.2 Å². The maximum Gasteiger partial charge on any atom is 0.409 e. The number of piperidine rings is 1. The van der Waals surface area contributed by atoms with Crippen molar-refractivity contribution in [1.29, 1.82) is 0 Å². The lowest BCUT2D eigenvalue weighted by molar-refractivity contribution is 0.0787. The summed E-state index contributed by atoms with van der Waals surface area (Å²) in [6, 6.07) is 1.89. The molecule has 0 atom stereocenters. The van der Waals surface area contributed by atoms with Crippen LogP contribution in [0.4, 0.5) is 10.7 Å². The molecule has 1 aliphatic rings. The molecule has 1 aromatic rings. The second-order valence-corrected chi connectivity index (χ2v) is 6.90. The number of unbranched alkanes of at least 4 members (excludes halogenated alkanes) is 1. The van der Waals surface area contributed by atoms with E-state index in [4.69, 9.17) is 4.74 Å². The Morgan fingerprint density at radius 3 is 2.63 bits per heavy atom. The molecule has 0 radical (unpaired) electrons. The molecule has 1 fully saturated rings. The molecule has 2 amide bonds. The zero-order valence-electron chi connectivity index (χ0n) is 16.8. The van der Waals surface area contributed by atoms with Crippen molar-refractivity contribution in [3.8, 4) is 0 Å². The number of aryl methyl sites for hydroxylation is 1. The fourth-order valence-corrected chi connectivity index (χ4v) is 3.04. The predicted octanol–water partition coefficient (Wildman–Crippen LogP) is 2.69. The summed E-state index contributed by atoms with van der Waals surface area (Å²) in [5, 5.41) is 3.32. The van der Waals surface area contributed by atoms with E-state index in [0.29, 0.717) is 37.9 Å². The first-order chi connectivity index (χ1) is 12.9. The van der Waals surface area contributed by atoms with E-state index in [9.17, 15) is 9.59 Å². The number of amides is 2. The number of ether oxygens (including phenoxy) is 1. The van der Waals surface area contributed by atoms with Crippen molar-refractivity contribution in [2.24, 2.45) is 0 Å². The van der Waals surface area contributed by atoms with Crippen LogP contribution < -0.4 is 5.32 Å². The van der Waals surface area contributed by atoms with Gasteiger partial charge in [0.15, 0.2) is 0 Å². The molecule has 8 nitrogen and oxygen atoms in total. The van der Waals surface area contributed by atoms with Crippen LogP contribution in [0.1, 0.15) is 55.7 Å². The molecule has 0 aliphatic carbocycles. The molecule has 0 bridgehead atoms. The van der Waals surface area contributed by atoms with Gasteiger partial charge in [0.2, 0.25) is 5.95 Å².